The Morgan fingerprint density at radius 1 is 1.08 bits per heavy atom. The zero-order valence-corrected chi connectivity index (χ0v) is 14.8. The third-order valence-corrected chi connectivity index (χ3v) is 4.42. The first-order valence-electron chi connectivity index (χ1n) is 8.91. The number of nitrogens with zero attached hydrogens (tertiary/aromatic N) is 1. The maximum absolute atomic E-state index is 12.5. The number of hydrogen-bond acceptors (Lipinski definition) is 4. The van der Waals surface area contributed by atoms with Gasteiger partial charge in [-0.25, -0.2) is 0 Å². The second kappa shape index (κ2) is 9.17. The van der Waals surface area contributed by atoms with Crippen LogP contribution < -0.4 is 11.2 Å². The molecule has 0 spiro atoms. The summed E-state index contributed by atoms with van der Waals surface area (Å²) in [5.41, 5.74) is 12.3. The van der Waals surface area contributed by atoms with Crippen molar-refractivity contribution in [3.05, 3.63) is 83.6 Å². The fourth-order valence-electron chi connectivity index (χ4n) is 2.94. The van der Waals surface area contributed by atoms with Gasteiger partial charge in [-0.15, -0.1) is 0 Å². The number of nitrogens with one attached hydrogen (secondary N) is 1. The van der Waals surface area contributed by atoms with E-state index in [0.717, 1.165) is 23.2 Å². The highest BCUT2D eigenvalue weighted by atomic mass is 16.6. The predicted octanol–water partition coefficient (Wildman–Crippen LogP) is 2.39. The molecule has 1 atom stereocenters. The molecule has 5 heteroatoms. The molecule has 3 rings (SSSR count). The van der Waals surface area contributed by atoms with Crippen LogP contribution in [0.2, 0.25) is 0 Å². The van der Waals surface area contributed by atoms with Crippen LogP contribution in [0.15, 0.2) is 72.4 Å². The Labute approximate surface area is 154 Å². The standard InChI is InChI=1S/C21H25N3O2/c22-20(15-17-7-3-1-4-8-17)21(25)24-13-11-19(12-14-24)23-26-16-18-9-5-2-6-10-18/h1-11,20,23H,12-16,22H2/t20-/m0/s1. The van der Waals surface area contributed by atoms with E-state index in [4.69, 9.17) is 10.6 Å². The first-order valence-corrected chi connectivity index (χ1v) is 8.91. The van der Waals surface area contributed by atoms with Crippen LogP contribution in [0.3, 0.4) is 0 Å². The summed E-state index contributed by atoms with van der Waals surface area (Å²) < 4.78 is 0. The number of carbonyl (C=O) groups excluding carboxylic acids is 1. The second-order valence-electron chi connectivity index (χ2n) is 6.44. The molecule has 3 N–H and O–H groups in total. The summed E-state index contributed by atoms with van der Waals surface area (Å²) in [7, 11) is 0. The molecule has 0 radical (unpaired) electrons. The number of nitrogens with two attached hydrogens (primary N) is 1. The van der Waals surface area contributed by atoms with Gasteiger partial charge in [-0.2, -0.15) is 0 Å². The van der Waals surface area contributed by atoms with Crippen LogP contribution in [0, 0.1) is 0 Å². The van der Waals surface area contributed by atoms with E-state index in [1.807, 2.05) is 66.7 Å². The van der Waals surface area contributed by atoms with Gasteiger partial charge in [0.25, 0.3) is 0 Å². The zero-order valence-electron chi connectivity index (χ0n) is 14.8. The third kappa shape index (κ3) is 5.18. The fraction of sp³-hybridized carbons (Fsp3) is 0.286. The molecule has 0 saturated carbocycles. The Morgan fingerprint density at radius 2 is 1.73 bits per heavy atom. The van der Waals surface area contributed by atoms with Crippen molar-refractivity contribution in [1.29, 1.82) is 0 Å². The molecule has 26 heavy (non-hydrogen) atoms. The summed E-state index contributed by atoms with van der Waals surface area (Å²) >= 11 is 0. The Kier molecular flexibility index (Phi) is 6.41. The number of hydrogen-bond donors (Lipinski definition) is 2. The molecule has 2 aromatic carbocycles. The normalized spacial score (nSPS) is 15.3. The van der Waals surface area contributed by atoms with Gasteiger partial charge in [0.15, 0.2) is 0 Å². The molecule has 0 saturated heterocycles. The van der Waals surface area contributed by atoms with E-state index in [-0.39, 0.29) is 5.91 Å². The van der Waals surface area contributed by atoms with Crippen molar-refractivity contribution >= 4 is 5.91 Å². The van der Waals surface area contributed by atoms with Crippen LogP contribution in [0.1, 0.15) is 17.5 Å². The molecule has 0 aliphatic carbocycles. The topological polar surface area (TPSA) is 67.6 Å². The van der Waals surface area contributed by atoms with Crippen LogP contribution in [0.5, 0.6) is 0 Å². The number of carbonyl (C=O) groups is 1. The van der Waals surface area contributed by atoms with Gasteiger partial charge >= 0.3 is 0 Å². The van der Waals surface area contributed by atoms with Gasteiger partial charge in [0, 0.05) is 25.2 Å². The highest BCUT2D eigenvalue weighted by Gasteiger charge is 2.23. The van der Waals surface area contributed by atoms with E-state index in [2.05, 4.69) is 5.48 Å². The SMILES string of the molecule is N[C@@H](Cc1ccccc1)C(=O)N1CC=C(NOCc2ccccc2)CC1. The Bertz CT molecular complexity index is 731. The number of hydroxylamine groups is 1. The van der Waals surface area contributed by atoms with Gasteiger partial charge < -0.3 is 10.6 Å². The molecule has 0 aromatic heterocycles. The van der Waals surface area contributed by atoms with Crippen LogP contribution in [-0.2, 0) is 22.7 Å². The number of amides is 1. The van der Waals surface area contributed by atoms with Crippen LogP contribution in [-0.4, -0.2) is 29.9 Å². The van der Waals surface area contributed by atoms with Crippen molar-refractivity contribution in [2.45, 2.75) is 25.5 Å². The van der Waals surface area contributed by atoms with E-state index < -0.39 is 6.04 Å². The van der Waals surface area contributed by atoms with Gasteiger partial charge in [0.05, 0.1) is 12.6 Å². The van der Waals surface area contributed by atoms with Crippen molar-refractivity contribution in [3.8, 4) is 0 Å². The molecular formula is C21H25N3O2. The average molecular weight is 351 g/mol. The molecule has 5 nitrogen and oxygen atoms in total. The first kappa shape index (κ1) is 18.2. The lowest BCUT2D eigenvalue weighted by Crippen LogP contribution is -2.47. The van der Waals surface area contributed by atoms with Crippen LogP contribution in [0.25, 0.3) is 0 Å². The maximum atomic E-state index is 12.5. The van der Waals surface area contributed by atoms with E-state index in [1.165, 1.54) is 0 Å². The van der Waals surface area contributed by atoms with Gasteiger partial charge in [-0.1, -0.05) is 60.7 Å². The highest BCUT2D eigenvalue weighted by Crippen LogP contribution is 2.12. The van der Waals surface area contributed by atoms with Crippen molar-refractivity contribution in [3.63, 3.8) is 0 Å². The lowest BCUT2D eigenvalue weighted by Gasteiger charge is -2.29. The van der Waals surface area contributed by atoms with Crippen molar-refractivity contribution < 1.29 is 9.63 Å². The van der Waals surface area contributed by atoms with Gasteiger partial charge in [0.1, 0.15) is 0 Å². The summed E-state index contributed by atoms with van der Waals surface area (Å²) in [5, 5.41) is 0. The number of benzene rings is 2. The van der Waals surface area contributed by atoms with E-state index in [0.29, 0.717) is 26.1 Å². The van der Waals surface area contributed by atoms with E-state index >= 15 is 0 Å². The Hall–Kier alpha value is -2.63. The largest absolute Gasteiger partial charge is 0.337 e. The predicted molar refractivity (Wildman–Crippen MR) is 102 cm³/mol. The zero-order chi connectivity index (χ0) is 18.2. The second-order valence-corrected chi connectivity index (χ2v) is 6.44. The molecule has 1 amide bonds. The van der Waals surface area contributed by atoms with Crippen LogP contribution >= 0.6 is 0 Å². The quantitative estimate of drug-likeness (QED) is 0.752. The van der Waals surface area contributed by atoms with Crippen molar-refractivity contribution in [2.75, 3.05) is 13.1 Å². The van der Waals surface area contributed by atoms with Gasteiger partial charge in [-0.05, 0) is 23.6 Å². The molecule has 0 fully saturated rings. The monoisotopic (exact) mass is 351 g/mol. The molecule has 136 valence electrons. The van der Waals surface area contributed by atoms with Gasteiger partial charge in [0.2, 0.25) is 5.91 Å². The lowest BCUT2D eigenvalue weighted by molar-refractivity contribution is -0.132. The molecular weight excluding hydrogens is 326 g/mol. The maximum Gasteiger partial charge on any atom is 0.240 e. The first-order chi connectivity index (χ1) is 12.7. The average Bonchev–Trinajstić information content (AvgIpc) is 2.69. The van der Waals surface area contributed by atoms with Gasteiger partial charge in [-0.3, -0.25) is 15.1 Å². The Morgan fingerprint density at radius 3 is 2.35 bits per heavy atom. The third-order valence-electron chi connectivity index (χ3n) is 4.42. The lowest BCUT2D eigenvalue weighted by atomic mass is 10.0. The summed E-state index contributed by atoms with van der Waals surface area (Å²) in [4.78, 5) is 19.9. The highest BCUT2D eigenvalue weighted by molar-refractivity contribution is 5.82. The minimum absolute atomic E-state index is 0.00523. The van der Waals surface area contributed by atoms with Crippen molar-refractivity contribution in [2.24, 2.45) is 5.73 Å². The Balaban J connectivity index is 1.43. The minimum Gasteiger partial charge on any atom is -0.337 e. The smallest absolute Gasteiger partial charge is 0.240 e. The van der Waals surface area contributed by atoms with E-state index in [9.17, 15) is 4.79 Å². The molecule has 1 heterocycles. The minimum atomic E-state index is -0.505. The summed E-state index contributed by atoms with van der Waals surface area (Å²) in [6, 6.07) is 19.4. The summed E-state index contributed by atoms with van der Waals surface area (Å²) in [6.45, 7) is 1.70. The van der Waals surface area contributed by atoms with E-state index in [1.54, 1.807) is 4.90 Å². The molecule has 0 bridgehead atoms. The van der Waals surface area contributed by atoms with Crippen molar-refractivity contribution in [1.82, 2.24) is 10.4 Å². The number of rotatable bonds is 7. The molecule has 0 unspecified atom stereocenters. The van der Waals surface area contributed by atoms with Crippen LogP contribution in [0.4, 0.5) is 0 Å². The molecule has 1 aliphatic rings. The fourth-order valence-corrected chi connectivity index (χ4v) is 2.94. The molecule has 1 aliphatic heterocycles. The molecule has 2 aromatic rings. The summed E-state index contributed by atoms with van der Waals surface area (Å²) in [5.74, 6) is -0.00523. The summed E-state index contributed by atoms with van der Waals surface area (Å²) in [6.07, 6.45) is 3.28.